The topological polar surface area (TPSA) is 27.1 Å². The second-order valence-electron chi connectivity index (χ2n) is 8.49. The van der Waals surface area contributed by atoms with Gasteiger partial charge in [-0.25, -0.2) is 9.07 Å². The zero-order valence-corrected chi connectivity index (χ0v) is 15.7. The molecule has 2 aliphatic carbocycles. The number of fused-ring (bicyclic) bond motifs is 3. The molecule has 0 amide bonds. The van der Waals surface area contributed by atoms with Gasteiger partial charge in [0.15, 0.2) is 0 Å². The van der Waals surface area contributed by atoms with Crippen LogP contribution in [0, 0.1) is 23.1 Å². The Morgan fingerprint density at radius 2 is 2.11 bits per heavy atom. The first-order chi connectivity index (χ1) is 13.1. The van der Waals surface area contributed by atoms with E-state index in [1.165, 1.54) is 36.1 Å². The molecule has 1 aromatic heterocycles. The lowest BCUT2D eigenvalue weighted by atomic mass is 9.72. The van der Waals surface area contributed by atoms with Crippen molar-refractivity contribution in [2.45, 2.75) is 32.6 Å². The molecular formula is C23H25FN2O. The molecule has 3 atom stereocenters. The van der Waals surface area contributed by atoms with Crippen LogP contribution in [0.3, 0.4) is 0 Å². The fourth-order valence-corrected chi connectivity index (χ4v) is 4.62. The van der Waals surface area contributed by atoms with Gasteiger partial charge in [0.25, 0.3) is 0 Å². The van der Waals surface area contributed by atoms with Crippen molar-refractivity contribution in [1.82, 2.24) is 9.78 Å². The molecule has 2 aromatic rings. The monoisotopic (exact) mass is 364 g/mol. The summed E-state index contributed by atoms with van der Waals surface area (Å²) in [6.07, 6.45) is 13.4. The standard InChI is InChI=1S/C23H25FN2O/c1-23-13-18-14-25-26(21-8-6-20(24)7-9-21)22(18)12-19(23)5-4-17-11-16(17)3-2-10-27-15-23/h2-3,6-9,12,14,16-17H,4-5,10-11,13,15H2,1H3/b3-2-/t16?,17?,23-/m1/s1. The van der Waals surface area contributed by atoms with Crippen LogP contribution in [-0.2, 0) is 11.2 Å². The fraction of sp³-hybridized carbons (Fsp3) is 0.435. The van der Waals surface area contributed by atoms with E-state index < -0.39 is 0 Å². The van der Waals surface area contributed by atoms with Crippen molar-refractivity contribution in [2.24, 2.45) is 17.3 Å². The molecule has 0 saturated heterocycles. The lowest BCUT2D eigenvalue weighted by molar-refractivity contribution is 0.0878. The Morgan fingerprint density at radius 3 is 2.96 bits per heavy atom. The molecule has 1 fully saturated rings. The van der Waals surface area contributed by atoms with Gasteiger partial charge in [-0.3, -0.25) is 0 Å². The fourth-order valence-electron chi connectivity index (χ4n) is 4.62. The number of aromatic nitrogens is 2. The summed E-state index contributed by atoms with van der Waals surface area (Å²) >= 11 is 0. The van der Waals surface area contributed by atoms with E-state index in [1.807, 2.05) is 10.9 Å². The lowest BCUT2D eigenvalue weighted by Crippen LogP contribution is -2.31. The van der Waals surface area contributed by atoms with E-state index >= 15 is 0 Å². The first-order valence-electron chi connectivity index (χ1n) is 9.91. The van der Waals surface area contributed by atoms with Crippen LogP contribution in [0.1, 0.15) is 37.4 Å². The number of allylic oxidation sites excluding steroid dienone is 1. The Hall–Kier alpha value is -2.20. The summed E-state index contributed by atoms with van der Waals surface area (Å²) in [6.45, 7) is 3.76. The summed E-state index contributed by atoms with van der Waals surface area (Å²) < 4.78 is 21.3. The smallest absolute Gasteiger partial charge is 0.123 e. The minimum atomic E-state index is -0.223. The number of nitrogens with zero attached hydrogens (tertiary/aromatic N) is 2. The van der Waals surface area contributed by atoms with Gasteiger partial charge in [0.2, 0.25) is 0 Å². The van der Waals surface area contributed by atoms with E-state index in [9.17, 15) is 4.39 Å². The highest BCUT2D eigenvalue weighted by Gasteiger charge is 2.39. The summed E-state index contributed by atoms with van der Waals surface area (Å²) in [7, 11) is 0. The first kappa shape index (κ1) is 16.9. The summed E-state index contributed by atoms with van der Waals surface area (Å²) in [5, 5.41) is 4.61. The molecule has 3 aliphatic rings. The van der Waals surface area contributed by atoms with Crippen LogP contribution in [0.15, 0.2) is 48.2 Å². The largest absolute Gasteiger partial charge is 0.376 e. The second-order valence-corrected chi connectivity index (χ2v) is 8.49. The molecule has 0 radical (unpaired) electrons. The third-order valence-electron chi connectivity index (χ3n) is 6.40. The van der Waals surface area contributed by atoms with Gasteiger partial charge in [-0.15, -0.1) is 0 Å². The van der Waals surface area contributed by atoms with Crippen LogP contribution in [0.25, 0.3) is 11.8 Å². The number of hydrogen-bond acceptors (Lipinski definition) is 2. The van der Waals surface area contributed by atoms with E-state index in [-0.39, 0.29) is 11.2 Å². The third kappa shape index (κ3) is 3.16. The molecule has 2 heterocycles. The predicted molar refractivity (Wildman–Crippen MR) is 104 cm³/mol. The summed E-state index contributed by atoms with van der Waals surface area (Å²) in [6, 6.07) is 6.56. The average Bonchev–Trinajstić information content (AvgIpc) is 3.29. The molecule has 1 aliphatic heterocycles. The number of ether oxygens (including phenoxy) is 1. The Balaban J connectivity index is 1.51. The van der Waals surface area contributed by atoms with Gasteiger partial charge in [0.05, 0.1) is 30.8 Å². The molecule has 140 valence electrons. The summed E-state index contributed by atoms with van der Waals surface area (Å²) in [4.78, 5) is 0. The molecule has 1 saturated carbocycles. The van der Waals surface area contributed by atoms with Gasteiger partial charge in [-0.1, -0.05) is 24.6 Å². The number of halogens is 1. The Morgan fingerprint density at radius 1 is 1.26 bits per heavy atom. The second kappa shape index (κ2) is 6.45. The summed E-state index contributed by atoms with van der Waals surface area (Å²) in [5.74, 6) is 1.36. The van der Waals surface area contributed by atoms with Gasteiger partial charge in [0.1, 0.15) is 5.82 Å². The maximum absolute atomic E-state index is 13.3. The highest BCUT2D eigenvalue weighted by molar-refractivity contribution is 5.61. The summed E-state index contributed by atoms with van der Waals surface area (Å²) in [5.41, 5.74) is 4.76. The minimum Gasteiger partial charge on any atom is -0.376 e. The van der Waals surface area contributed by atoms with Crippen molar-refractivity contribution in [2.75, 3.05) is 13.2 Å². The van der Waals surface area contributed by atoms with Crippen LogP contribution < -0.4 is 0 Å². The van der Waals surface area contributed by atoms with Crippen LogP contribution in [0.5, 0.6) is 0 Å². The highest BCUT2D eigenvalue weighted by Crippen LogP contribution is 2.47. The SMILES string of the molecule is C[C@@]12COC/C=C\C3CC3CCC1=Cc1c(cnn1-c1ccc(F)cc1)C2. The Labute approximate surface area is 159 Å². The Bertz CT molecular complexity index is 911. The Kier molecular flexibility index (Phi) is 4.05. The molecule has 5 rings (SSSR count). The maximum atomic E-state index is 13.3. The van der Waals surface area contributed by atoms with Crippen molar-refractivity contribution in [1.29, 1.82) is 0 Å². The van der Waals surface area contributed by atoms with E-state index in [0.717, 1.165) is 42.7 Å². The van der Waals surface area contributed by atoms with Crippen LogP contribution in [0.2, 0.25) is 0 Å². The van der Waals surface area contributed by atoms with Crippen LogP contribution in [-0.4, -0.2) is 23.0 Å². The van der Waals surface area contributed by atoms with E-state index in [4.69, 9.17) is 4.74 Å². The predicted octanol–water partition coefficient (Wildman–Crippen LogP) is 4.96. The third-order valence-corrected chi connectivity index (χ3v) is 6.40. The van der Waals surface area contributed by atoms with Crippen molar-refractivity contribution in [3.05, 3.63) is 65.3 Å². The highest BCUT2D eigenvalue weighted by atomic mass is 19.1. The molecule has 0 spiro atoms. The molecule has 0 bridgehead atoms. The molecule has 0 N–H and O–H groups in total. The zero-order chi connectivity index (χ0) is 18.4. The number of rotatable bonds is 1. The normalized spacial score (nSPS) is 31.0. The van der Waals surface area contributed by atoms with Crippen molar-refractivity contribution < 1.29 is 9.13 Å². The van der Waals surface area contributed by atoms with Crippen molar-refractivity contribution in [3.63, 3.8) is 0 Å². The molecule has 4 heteroatoms. The molecule has 2 unspecified atom stereocenters. The van der Waals surface area contributed by atoms with Crippen LogP contribution in [0.4, 0.5) is 4.39 Å². The lowest BCUT2D eigenvalue weighted by Gasteiger charge is -2.35. The van der Waals surface area contributed by atoms with Crippen LogP contribution >= 0.6 is 0 Å². The molecule has 27 heavy (non-hydrogen) atoms. The van der Waals surface area contributed by atoms with Gasteiger partial charge < -0.3 is 4.74 Å². The average molecular weight is 364 g/mol. The van der Waals surface area contributed by atoms with E-state index in [0.29, 0.717) is 6.61 Å². The minimum absolute atomic E-state index is 0.0201. The van der Waals surface area contributed by atoms with Crippen molar-refractivity contribution in [3.8, 4) is 5.69 Å². The van der Waals surface area contributed by atoms with E-state index in [2.05, 4.69) is 30.3 Å². The zero-order valence-electron chi connectivity index (χ0n) is 15.7. The molecular weight excluding hydrogens is 339 g/mol. The molecule has 3 nitrogen and oxygen atoms in total. The van der Waals surface area contributed by atoms with Gasteiger partial charge in [0, 0.05) is 5.41 Å². The van der Waals surface area contributed by atoms with Crippen molar-refractivity contribution >= 4 is 6.08 Å². The number of benzene rings is 1. The maximum Gasteiger partial charge on any atom is 0.123 e. The quantitative estimate of drug-likeness (QED) is 0.669. The van der Waals surface area contributed by atoms with Gasteiger partial charge in [-0.2, -0.15) is 5.10 Å². The van der Waals surface area contributed by atoms with Gasteiger partial charge >= 0.3 is 0 Å². The first-order valence-corrected chi connectivity index (χ1v) is 9.91. The van der Waals surface area contributed by atoms with Gasteiger partial charge in [-0.05, 0) is 73.4 Å². The number of hydrogen-bond donors (Lipinski definition) is 0. The molecule has 1 aromatic carbocycles. The van der Waals surface area contributed by atoms with E-state index in [1.54, 1.807) is 12.1 Å².